The van der Waals surface area contributed by atoms with Gasteiger partial charge in [-0.05, 0) is 23.3 Å². The van der Waals surface area contributed by atoms with Crippen molar-refractivity contribution in [1.82, 2.24) is 4.98 Å². The molecular weight excluding hydrogens is 226 g/mol. The van der Waals surface area contributed by atoms with Crippen LogP contribution in [0.2, 0.25) is 0 Å². The molecule has 0 saturated heterocycles. The van der Waals surface area contributed by atoms with E-state index in [1.54, 1.807) is 0 Å². The summed E-state index contributed by atoms with van der Waals surface area (Å²) in [6, 6.07) is 3.88. The van der Waals surface area contributed by atoms with Gasteiger partial charge in [0.1, 0.15) is 0 Å². The van der Waals surface area contributed by atoms with Gasteiger partial charge in [-0.2, -0.15) is 0 Å². The van der Waals surface area contributed by atoms with Crippen LogP contribution in [0.4, 0.5) is 0 Å². The summed E-state index contributed by atoms with van der Waals surface area (Å²) >= 11 is 0. The molecule has 0 aliphatic heterocycles. The van der Waals surface area contributed by atoms with Crippen LogP contribution in [0, 0.1) is 0 Å². The van der Waals surface area contributed by atoms with Crippen LogP contribution in [-0.4, -0.2) is 16.1 Å². The molecule has 0 spiro atoms. The third-order valence-electron chi connectivity index (χ3n) is 3.00. The zero-order chi connectivity index (χ0) is 12.5. The molecule has 2 aromatic rings. The minimum absolute atomic E-state index is 0.308. The summed E-state index contributed by atoms with van der Waals surface area (Å²) in [4.78, 5) is 14.1. The maximum Gasteiger partial charge on any atom is 0.337 e. The Morgan fingerprint density at radius 3 is 2.33 bits per heavy atom. The van der Waals surface area contributed by atoms with Crippen LogP contribution >= 0.6 is 0 Å². The van der Waals surface area contributed by atoms with Crippen LogP contribution < -0.4 is 0 Å². The predicted molar refractivity (Wildman–Crippen MR) is 72.5 cm³/mol. The minimum atomic E-state index is -0.911. The number of H-pyrrole nitrogens is 1. The highest BCUT2D eigenvalue weighted by Gasteiger charge is 2.12. The molecule has 18 heavy (non-hydrogen) atoms. The second-order valence-electron chi connectivity index (χ2n) is 4.14. The Kier molecular flexibility index (Phi) is 2.38. The average Bonchev–Trinajstić information content (AvgIpc) is 2.71. The average molecular weight is 237 g/mol. The normalized spacial score (nSPS) is 18.7. The van der Waals surface area contributed by atoms with E-state index in [2.05, 4.69) is 4.98 Å². The standard InChI is InChI=1S/C15H11NO2/c17-15(18)13-9-16-14-8-11-6-4-2-1-3-5-10(11)7-12(13)14/h1-9,16H,(H,17,18)/b2-1-,3-1?,4-2?,5-3-,6-4-,10-5?,11-6?. The molecule has 0 unspecified atom stereocenters. The Bertz CT molecular complexity index is 717. The molecule has 0 radical (unpaired) electrons. The summed E-state index contributed by atoms with van der Waals surface area (Å²) in [5, 5.41) is 9.85. The zero-order valence-corrected chi connectivity index (χ0v) is 9.55. The van der Waals surface area contributed by atoms with E-state index in [0.717, 1.165) is 22.0 Å². The molecule has 2 N–H and O–H groups in total. The van der Waals surface area contributed by atoms with E-state index in [1.807, 2.05) is 48.6 Å². The van der Waals surface area contributed by atoms with E-state index >= 15 is 0 Å². The molecule has 3 nitrogen and oxygen atoms in total. The van der Waals surface area contributed by atoms with Crippen molar-refractivity contribution >= 4 is 29.0 Å². The molecule has 0 bridgehead atoms. The topological polar surface area (TPSA) is 53.1 Å². The number of aromatic carboxylic acids is 1. The van der Waals surface area contributed by atoms with E-state index < -0.39 is 5.97 Å². The minimum Gasteiger partial charge on any atom is -0.478 e. The molecule has 1 aromatic heterocycles. The van der Waals surface area contributed by atoms with Gasteiger partial charge in [0.05, 0.1) is 5.56 Å². The van der Waals surface area contributed by atoms with E-state index in [9.17, 15) is 4.79 Å². The maximum atomic E-state index is 11.1. The van der Waals surface area contributed by atoms with Crippen molar-refractivity contribution in [3.8, 4) is 0 Å². The van der Waals surface area contributed by atoms with Crippen LogP contribution in [0.1, 0.15) is 21.5 Å². The lowest BCUT2D eigenvalue weighted by atomic mass is 10.0. The molecular formula is C15H11NO2. The van der Waals surface area contributed by atoms with Gasteiger partial charge in [-0.1, -0.05) is 36.5 Å². The number of hydrogen-bond acceptors (Lipinski definition) is 1. The lowest BCUT2D eigenvalue weighted by Crippen LogP contribution is -1.94. The summed E-state index contributed by atoms with van der Waals surface area (Å²) in [6.45, 7) is 0. The highest BCUT2D eigenvalue weighted by Crippen LogP contribution is 2.25. The smallest absolute Gasteiger partial charge is 0.337 e. The summed E-state index contributed by atoms with van der Waals surface area (Å²) in [5.41, 5.74) is 3.24. The Morgan fingerprint density at radius 2 is 1.67 bits per heavy atom. The first-order chi connectivity index (χ1) is 8.75. The lowest BCUT2D eigenvalue weighted by molar-refractivity contribution is 0.0699. The molecule has 0 atom stereocenters. The highest BCUT2D eigenvalue weighted by molar-refractivity contribution is 6.04. The van der Waals surface area contributed by atoms with Crippen LogP contribution in [0.15, 0.2) is 42.6 Å². The molecule has 0 fully saturated rings. The van der Waals surface area contributed by atoms with Crippen molar-refractivity contribution in [3.63, 3.8) is 0 Å². The van der Waals surface area contributed by atoms with Gasteiger partial charge < -0.3 is 10.1 Å². The second kappa shape index (κ2) is 4.04. The van der Waals surface area contributed by atoms with Crippen LogP contribution in [0.25, 0.3) is 23.1 Å². The van der Waals surface area contributed by atoms with Gasteiger partial charge in [-0.15, -0.1) is 0 Å². The molecule has 1 aromatic carbocycles. The fourth-order valence-corrected chi connectivity index (χ4v) is 2.12. The van der Waals surface area contributed by atoms with Crippen molar-refractivity contribution in [3.05, 3.63) is 59.3 Å². The van der Waals surface area contributed by atoms with Gasteiger partial charge in [-0.3, -0.25) is 0 Å². The summed E-state index contributed by atoms with van der Waals surface area (Å²) in [6.07, 6.45) is 13.3. The number of nitrogens with one attached hydrogen (secondary N) is 1. The summed E-state index contributed by atoms with van der Waals surface area (Å²) in [5.74, 6) is -0.911. The summed E-state index contributed by atoms with van der Waals surface area (Å²) < 4.78 is 0. The number of fused-ring (bicyclic) bond motifs is 2. The Morgan fingerprint density at radius 1 is 1.00 bits per heavy atom. The number of carboxylic acid groups (broad SMARTS) is 1. The Balaban J connectivity index is 2.29. The van der Waals surface area contributed by atoms with Crippen LogP contribution in [0.3, 0.4) is 0 Å². The second-order valence-corrected chi connectivity index (χ2v) is 4.14. The number of rotatable bonds is 1. The predicted octanol–water partition coefficient (Wildman–Crippen LogP) is 3.46. The first-order valence-corrected chi connectivity index (χ1v) is 5.65. The Labute approximate surface area is 104 Å². The maximum absolute atomic E-state index is 11.1. The first-order valence-electron chi connectivity index (χ1n) is 5.65. The SMILES string of the molecule is O=C(O)c1c[nH]c2cc3c(cc12)\C=C/C=C\C=C/3. The van der Waals surface area contributed by atoms with E-state index in [-0.39, 0.29) is 0 Å². The third-order valence-corrected chi connectivity index (χ3v) is 3.00. The van der Waals surface area contributed by atoms with Gasteiger partial charge >= 0.3 is 5.97 Å². The number of allylic oxidation sites excluding steroid dienone is 4. The van der Waals surface area contributed by atoms with Gasteiger partial charge in [-0.25, -0.2) is 4.79 Å². The van der Waals surface area contributed by atoms with Crippen molar-refractivity contribution < 1.29 is 9.90 Å². The van der Waals surface area contributed by atoms with Crippen LogP contribution in [-0.2, 0) is 0 Å². The number of aromatic nitrogens is 1. The fraction of sp³-hybridized carbons (Fsp3) is 0. The molecule has 0 saturated carbocycles. The molecule has 0 amide bonds. The zero-order valence-electron chi connectivity index (χ0n) is 9.55. The molecule has 1 aliphatic rings. The fourth-order valence-electron chi connectivity index (χ4n) is 2.12. The van der Waals surface area contributed by atoms with E-state index in [4.69, 9.17) is 5.11 Å². The van der Waals surface area contributed by atoms with Gasteiger partial charge in [0, 0.05) is 17.1 Å². The highest BCUT2D eigenvalue weighted by atomic mass is 16.4. The quantitative estimate of drug-likeness (QED) is 0.798. The molecule has 1 aliphatic carbocycles. The van der Waals surface area contributed by atoms with E-state index in [0.29, 0.717) is 5.56 Å². The van der Waals surface area contributed by atoms with Gasteiger partial charge in [0.15, 0.2) is 0 Å². The van der Waals surface area contributed by atoms with Crippen LogP contribution in [0.5, 0.6) is 0 Å². The van der Waals surface area contributed by atoms with Gasteiger partial charge in [0.25, 0.3) is 0 Å². The largest absolute Gasteiger partial charge is 0.478 e. The first kappa shape index (κ1) is 10.6. The molecule has 88 valence electrons. The van der Waals surface area contributed by atoms with Crippen molar-refractivity contribution in [1.29, 1.82) is 0 Å². The number of benzene rings is 1. The van der Waals surface area contributed by atoms with Crippen molar-refractivity contribution in [2.24, 2.45) is 0 Å². The Hall–Kier alpha value is -2.55. The van der Waals surface area contributed by atoms with Crippen molar-refractivity contribution in [2.75, 3.05) is 0 Å². The number of aromatic amines is 1. The lowest BCUT2D eigenvalue weighted by Gasteiger charge is -2.04. The summed E-state index contributed by atoms with van der Waals surface area (Å²) in [7, 11) is 0. The van der Waals surface area contributed by atoms with E-state index in [1.165, 1.54) is 6.20 Å². The molecule has 1 heterocycles. The monoisotopic (exact) mass is 237 g/mol. The molecule has 3 rings (SSSR count). The third kappa shape index (κ3) is 1.66. The molecule has 3 heteroatoms. The van der Waals surface area contributed by atoms with Gasteiger partial charge in [0.2, 0.25) is 0 Å². The number of carboxylic acids is 1. The van der Waals surface area contributed by atoms with Crippen molar-refractivity contribution in [2.45, 2.75) is 0 Å². The number of carbonyl (C=O) groups is 1. The number of hydrogen-bond donors (Lipinski definition) is 2.